The fraction of sp³-hybridized carbons (Fsp3) is 0.333. The third-order valence-corrected chi connectivity index (χ3v) is 4.38. The van der Waals surface area contributed by atoms with Crippen LogP contribution in [0.1, 0.15) is 19.3 Å². The van der Waals surface area contributed by atoms with E-state index in [2.05, 4.69) is 14.9 Å². The van der Waals surface area contributed by atoms with Crippen LogP contribution in [-0.4, -0.2) is 23.1 Å². The summed E-state index contributed by atoms with van der Waals surface area (Å²) in [5, 5.41) is 1.41. The maximum Gasteiger partial charge on any atom is 0.228 e. The average Bonchev–Trinajstić information content (AvgIpc) is 2.49. The SMILES string of the molecule is Clc1ccc(-c2c(Cl)nc(N3CCCCC3)nc2Cl)cc1. The van der Waals surface area contributed by atoms with Crippen LogP contribution < -0.4 is 4.90 Å². The van der Waals surface area contributed by atoms with E-state index in [1.54, 1.807) is 12.1 Å². The number of nitrogens with zero attached hydrogens (tertiary/aromatic N) is 3. The Morgan fingerprint density at radius 2 is 1.38 bits per heavy atom. The molecule has 110 valence electrons. The third-order valence-electron chi connectivity index (χ3n) is 3.58. The fourth-order valence-electron chi connectivity index (χ4n) is 2.49. The normalized spacial score (nSPS) is 15.3. The second-order valence-corrected chi connectivity index (χ2v) is 6.19. The quantitative estimate of drug-likeness (QED) is 0.711. The number of hydrogen-bond donors (Lipinski definition) is 0. The molecule has 0 unspecified atom stereocenters. The van der Waals surface area contributed by atoms with Crippen molar-refractivity contribution in [2.45, 2.75) is 19.3 Å². The third kappa shape index (κ3) is 3.25. The van der Waals surface area contributed by atoms with Gasteiger partial charge in [-0.25, -0.2) is 9.97 Å². The lowest BCUT2D eigenvalue weighted by molar-refractivity contribution is 0.568. The molecule has 0 spiro atoms. The van der Waals surface area contributed by atoms with Gasteiger partial charge < -0.3 is 4.90 Å². The number of rotatable bonds is 2. The molecule has 6 heteroatoms. The van der Waals surface area contributed by atoms with Gasteiger partial charge in [-0.1, -0.05) is 46.9 Å². The summed E-state index contributed by atoms with van der Waals surface area (Å²) in [5.74, 6) is 0.613. The Morgan fingerprint density at radius 1 is 0.810 bits per heavy atom. The molecule has 1 aliphatic rings. The Labute approximate surface area is 138 Å². The Hall–Kier alpha value is -1.03. The van der Waals surface area contributed by atoms with Crippen LogP contribution in [0.4, 0.5) is 5.95 Å². The van der Waals surface area contributed by atoms with Crippen molar-refractivity contribution in [1.82, 2.24) is 9.97 Å². The molecule has 2 aromatic rings. The Kier molecular flexibility index (Phi) is 4.53. The molecule has 0 N–H and O–H groups in total. The molecule has 0 amide bonds. The molecule has 1 aromatic heterocycles. The van der Waals surface area contributed by atoms with Gasteiger partial charge in [-0.05, 0) is 37.0 Å². The van der Waals surface area contributed by atoms with Gasteiger partial charge in [0.05, 0.1) is 5.56 Å². The van der Waals surface area contributed by atoms with Gasteiger partial charge in [0.1, 0.15) is 10.3 Å². The van der Waals surface area contributed by atoms with E-state index < -0.39 is 0 Å². The van der Waals surface area contributed by atoms with Crippen molar-refractivity contribution in [3.05, 3.63) is 39.6 Å². The summed E-state index contributed by atoms with van der Waals surface area (Å²) in [7, 11) is 0. The molecule has 3 nitrogen and oxygen atoms in total. The zero-order chi connectivity index (χ0) is 14.8. The zero-order valence-corrected chi connectivity index (χ0v) is 13.6. The standard InChI is InChI=1S/C15H14Cl3N3/c16-11-6-4-10(5-7-11)12-13(17)19-15(20-14(12)18)21-8-2-1-3-9-21/h4-7H,1-3,8-9H2. The molecule has 0 bridgehead atoms. The van der Waals surface area contributed by atoms with Crippen molar-refractivity contribution in [2.75, 3.05) is 18.0 Å². The molecule has 1 aromatic carbocycles. The van der Waals surface area contributed by atoms with E-state index in [1.807, 2.05) is 12.1 Å². The van der Waals surface area contributed by atoms with Crippen molar-refractivity contribution in [3.63, 3.8) is 0 Å². The summed E-state index contributed by atoms with van der Waals surface area (Å²) in [6, 6.07) is 7.31. The number of benzene rings is 1. The van der Waals surface area contributed by atoms with Crippen LogP contribution in [0, 0.1) is 0 Å². The highest BCUT2D eigenvalue weighted by Crippen LogP contribution is 2.34. The Balaban J connectivity index is 1.97. The van der Waals surface area contributed by atoms with Crippen molar-refractivity contribution >= 4 is 40.8 Å². The fourth-order valence-corrected chi connectivity index (χ4v) is 3.21. The monoisotopic (exact) mass is 341 g/mol. The lowest BCUT2D eigenvalue weighted by atomic mass is 10.1. The van der Waals surface area contributed by atoms with Crippen LogP contribution in [0.25, 0.3) is 11.1 Å². The van der Waals surface area contributed by atoms with E-state index in [0.29, 0.717) is 26.8 Å². The van der Waals surface area contributed by atoms with Crippen LogP contribution in [0.2, 0.25) is 15.3 Å². The molecule has 21 heavy (non-hydrogen) atoms. The summed E-state index contributed by atoms with van der Waals surface area (Å²) in [6.45, 7) is 1.90. The van der Waals surface area contributed by atoms with Crippen molar-refractivity contribution in [1.29, 1.82) is 0 Å². The highest BCUT2D eigenvalue weighted by molar-refractivity contribution is 6.38. The topological polar surface area (TPSA) is 29.0 Å². The lowest BCUT2D eigenvalue weighted by Crippen LogP contribution is -2.31. The smallest absolute Gasteiger partial charge is 0.228 e. The van der Waals surface area contributed by atoms with Crippen LogP contribution in [0.5, 0.6) is 0 Å². The van der Waals surface area contributed by atoms with E-state index in [4.69, 9.17) is 34.8 Å². The van der Waals surface area contributed by atoms with Crippen LogP contribution >= 0.6 is 34.8 Å². The first-order valence-corrected chi connectivity index (χ1v) is 8.02. The van der Waals surface area contributed by atoms with Gasteiger partial charge in [-0.15, -0.1) is 0 Å². The van der Waals surface area contributed by atoms with Gasteiger partial charge in [0.2, 0.25) is 5.95 Å². The summed E-state index contributed by atoms with van der Waals surface area (Å²) in [6.07, 6.45) is 3.55. The van der Waals surface area contributed by atoms with Crippen molar-refractivity contribution < 1.29 is 0 Å². The number of hydrogen-bond acceptors (Lipinski definition) is 3. The van der Waals surface area contributed by atoms with E-state index in [0.717, 1.165) is 31.5 Å². The van der Waals surface area contributed by atoms with Gasteiger partial charge in [0.15, 0.2) is 0 Å². The lowest BCUT2D eigenvalue weighted by Gasteiger charge is -2.27. The number of halogens is 3. The van der Waals surface area contributed by atoms with E-state index in [1.165, 1.54) is 6.42 Å². The summed E-state index contributed by atoms with van der Waals surface area (Å²) >= 11 is 18.6. The predicted octanol–water partition coefficient (Wildman–Crippen LogP) is 5.09. The first kappa shape index (κ1) is 14.9. The minimum atomic E-state index is 0.373. The molecule has 2 heterocycles. The molecule has 0 radical (unpaired) electrons. The van der Waals surface area contributed by atoms with Crippen LogP contribution in [0.3, 0.4) is 0 Å². The van der Waals surface area contributed by atoms with Gasteiger partial charge >= 0.3 is 0 Å². The number of aromatic nitrogens is 2. The second kappa shape index (κ2) is 6.39. The average molecular weight is 343 g/mol. The molecule has 0 saturated carbocycles. The van der Waals surface area contributed by atoms with Crippen LogP contribution in [0.15, 0.2) is 24.3 Å². The molecule has 0 aliphatic carbocycles. The Morgan fingerprint density at radius 3 is 1.95 bits per heavy atom. The molecular weight excluding hydrogens is 329 g/mol. The maximum absolute atomic E-state index is 6.33. The number of piperidine rings is 1. The molecule has 1 aliphatic heterocycles. The maximum atomic E-state index is 6.33. The largest absolute Gasteiger partial charge is 0.341 e. The van der Waals surface area contributed by atoms with Crippen LogP contribution in [-0.2, 0) is 0 Å². The van der Waals surface area contributed by atoms with Gasteiger partial charge in [0, 0.05) is 18.1 Å². The van der Waals surface area contributed by atoms with Gasteiger partial charge in [0.25, 0.3) is 0 Å². The first-order valence-electron chi connectivity index (χ1n) is 6.89. The second-order valence-electron chi connectivity index (χ2n) is 5.03. The van der Waals surface area contributed by atoms with Crippen molar-refractivity contribution in [2.24, 2.45) is 0 Å². The van der Waals surface area contributed by atoms with E-state index in [9.17, 15) is 0 Å². The van der Waals surface area contributed by atoms with E-state index in [-0.39, 0.29) is 0 Å². The number of anilines is 1. The molecule has 1 fully saturated rings. The highest BCUT2D eigenvalue weighted by Gasteiger charge is 2.18. The Bertz CT molecular complexity index is 614. The molecule has 3 rings (SSSR count). The predicted molar refractivity (Wildman–Crippen MR) is 88.6 cm³/mol. The zero-order valence-electron chi connectivity index (χ0n) is 11.3. The van der Waals surface area contributed by atoms with Gasteiger partial charge in [-0.2, -0.15) is 0 Å². The summed E-state index contributed by atoms with van der Waals surface area (Å²) in [5.41, 5.74) is 1.51. The molecular formula is C15H14Cl3N3. The molecule has 0 atom stereocenters. The summed E-state index contributed by atoms with van der Waals surface area (Å²) < 4.78 is 0. The minimum Gasteiger partial charge on any atom is -0.341 e. The van der Waals surface area contributed by atoms with E-state index >= 15 is 0 Å². The summed E-state index contributed by atoms with van der Waals surface area (Å²) in [4.78, 5) is 11.0. The molecule has 1 saturated heterocycles. The van der Waals surface area contributed by atoms with Crippen molar-refractivity contribution in [3.8, 4) is 11.1 Å². The van der Waals surface area contributed by atoms with Gasteiger partial charge in [-0.3, -0.25) is 0 Å². The first-order chi connectivity index (χ1) is 10.1. The highest BCUT2D eigenvalue weighted by atomic mass is 35.5. The minimum absolute atomic E-state index is 0.373.